The van der Waals surface area contributed by atoms with Crippen LogP contribution < -0.4 is 0 Å². The van der Waals surface area contributed by atoms with Gasteiger partial charge in [-0.2, -0.15) is 4.39 Å². The maximum absolute atomic E-state index is 13.1. The summed E-state index contributed by atoms with van der Waals surface area (Å²) >= 11 is 0. The SMILES string of the molecule is O=C(O)N1CC=C(c2cn(-c3cccc(F)n3)nn2)CC1. The molecule has 2 aromatic rings. The molecule has 0 atom stereocenters. The molecule has 2 aromatic heterocycles. The summed E-state index contributed by atoms with van der Waals surface area (Å²) in [6, 6.07) is 4.43. The first-order valence-electron chi connectivity index (χ1n) is 6.36. The summed E-state index contributed by atoms with van der Waals surface area (Å²) in [4.78, 5) is 15.9. The molecule has 3 rings (SSSR count). The Morgan fingerprint density at radius 1 is 1.38 bits per heavy atom. The second-order valence-electron chi connectivity index (χ2n) is 4.57. The number of halogens is 1. The maximum atomic E-state index is 13.1. The van der Waals surface area contributed by atoms with E-state index in [2.05, 4.69) is 15.3 Å². The van der Waals surface area contributed by atoms with Crippen molar-refractivity contribution in [1.29, 1.82) is 0 Å². The summed E-state index contributed by atoms with van der Waals surface area (Å²) in [6.07, 6.45) is 3.11. The second kappa shape index (κ2) is 5.31. The Balaban J connectivity index is 1.81. The summed E-state index contributed by atoms with van der Waals surface area (Å²) in [5.41, 5.74) is 1.57. The van der Waals surface area contributed by atoms with Gasteiger partial charge in [0.05, 0.1) is 6.20 Å². The lowest BCUT2D eigenvalue weighted by Gasteiger charge is -2.22. The molecule has 0 bridgehead atoms. The van der Waals surface area contributed by atoms with Gasteiger partial charge in [-0.15, -0.1) is 5.10 Å². The van der Waals surface area contributed by atoms with Crippen molar-refractivity contribution >= 4 is 11.7 Å². The molecular weight excluding hydrogens is 277 g/mol. The molecule has 1 aliphatic heterocycles. The van der Waals surface area contributed by atoms with E-state index in [1.165, 1.54) is 15.6 Å². The standard InChI is InChI=1S/C13H12FN5O2/c14-11-2-1-3-12(15-11)19-8-10(16-17-19)9-4-6-18(7-5-9)13(20)21/h1-4,8H,5-7H2,(H,20,21). The van der Waals surface area contributed by atoms with Gasteiger partial charge in [-0.05, 0) is 24.1 Å². The van der Waals surface area contributed by atoms with E-state index in [1.807, 2.05) is 6.08 Å². The van der Waals surface area contributed by atoms with Gasteiger partial charge in [0, 0.05) is 13.1 Å². The average molecular weight is 289 g/mol. The Labute approximate surface area is 119 Å². The first-order valence-corrected chi connectivity index (χ1v) is 6.36. The molecule has 8 heteroatoms. The Kier molecular flexibility index (Phi) is 3.35. The van der Waals surface area contributed by atoms with Gasteiger partial charge in [-0.1, -0.05) is 17.4 Å². The molecule has 1 N–H and O–H groups in total. The van der Waals surface area contributed by atoms with Gasteiger partial charge in [0.15, 0.2) is 5.82 Å². The van der Waals surface area contributed by atoms with Crippen LogP contribution in [-0.4, -0.2) is 49.2 Å². The van der Waals surface area contributed by atoms with E-state index in [4.69, 9.17) is 5.11 Å². The molecule has 0 aliphatic carbocycles. The molecule has 0 radical (unpaired) electrons. The Morgan fingerprint density at radius 3 is 2.90 bits per heavy atom. The van der Waals surface area contributed by atoms with Crippen molar-refractivity contribution in [2.45, 2.75) is 6.42 Å². The van der Waals surface area contributed by atoms with Crippen LogP contribution in [-0.2, 0) is 0 Å². The van der Waals surface area contributed by atoms with Crippen molar-refractivity contribution in [3.8, 4) is 5.82 Å². The van der Waals surface area contributed by atoms with Crippen molar-refractivity contribution in [1.82, 2.24) is 24.9 Å². The molecule has 1 amide bonds. The van der Waals surface area contributed by atoms with Crippen molar-refractivity contribution in [2.75, 3.05) is 13.1 Å². The normalized spacial score (nSPS) is 14.9. The van der Waals surface area contributed by atoms with Crippen LogP contribution in [0.25, 0.3) is 11.4 Å². The number of amides is 1. The molecule has 0 spiro atoms. The van der Waals surface area contributed by atoms with E-state index in [-0.39, 0.29) is 0 Å². The number of hydrogen-bond acceptors (Lipinski definition) is 4. The molecule has 21 heavy (non-hydrogen) atoms. The molecule has 108 valence electrons. The summed E-state index contributed by atoms with van der Waals surface area (Å²) in [6.45, 7) is 0.752. The third-order valence-corrected chi connectivity index (χ3v) is 3.24. The summed E-state index contributed by atoms with van der Waals surface area (Å²) in [5.74, 6) is -0.240. The molecule has 7 nitrogen and oxygen atoms in total. The molecule has 1 aliphatic rings. The van der Waals surface area contributed by atoms with Gasteiger partial charge >= 0.3 is 6.09 Å². The minimum atomic E-state index is -0.932. The Hall–Kier alpha value is -2.77. The number of nitrogens with zero attached hydrogens (tertiary/aromatic N) is 5. The highest BCUT2D eigenvalue weighted by molar-refractivity contribution is 5.69. The number of carboxylic acid groups (broad SMARTS) is 1. The fourth-order valence-electron chi connectivity index (χ4n) is 2.12. The Bertz CT molecular complexity index is 712. The van der Waals surface area contributed by atoms with Crippen LogP contribution in [0, 0.1) is 5.95 Å². The number of rotatable bonds is 2. The molecule has 0 fully saturated rings. The molecular formula is C13H12FN5O2. The minimum absolute atomic E-state index is 0.329. The van der Waals surface area contributed by atoms with Crippen LogP contribution in [0.4, 0.5) is 9.18 Å². The predicted octanol–water partition coefficient (Wildman–Crippen LogP) is 1.57. The first-order chi connectivity index (χ1) is 10.1. The highest BCUT2D eigenvalue weighted by Gasteiger charge is 2.18. The molecule has 3 heterocycles. The van der Waals surface area contributed by atoms with E-state index in [9.17, 15) is 9.18 Å². The van der Waals surface area contributed by atoms with Crippen molar-refractivity contribution in [3.63, 3.8) is 0 Å². The van der Waals surface area contributed by atoms with Crippen molar-refractivity contribution in [2.24, 2.45) is 0 Å². The lowest BCUT2D eigenvalue weighted by molar-refractivity contribution is 0.150. The highest BCUT2D eigenvalue weighted by atomic mass is 19.1. The Morgan fingerprint density at radius 2 is 2.24 bits per heavy atom. The zero-order chi connectivity index (χ0) is 14.8. The highest BCUT2D eigenvalue weighted by Crippen LogP contribution is 2.20. The lowest BCUT2D eigenvalue weighted by atomic mass is 10.1. The number of hydrogen-bond donors (Lipinski definition) is 1. The van der Waals surface area contributed by atoms with Gasteiger partial charge < -0.3 is 10.0 Å². The van der Waals surface area contributed by atoms with Gasteiger partial charge in [0.2, 0.25) is 5.95 Å². The number of aromatic nitrogens is 4. The largest absolute Gasteiger partial charge is 0.465 e. The van der Waals surface area contributed by atoms with Gasteiger partial charge in [-0.3, -0.25) is 0 Å². The lowest BCUT2D eigenvalue weighted by Crippen LogP contribution is -2.33. The molecule has 0 aromatic carbocycles. The predicted molar refractivity (Wildman–Crippen MR) is 71.3 cm³/mol. The topological polar surface area (TPSA) is 84.1 Å². The van der Waals surface area contributed by atoms with E-state index < -0.39 is 12.0 Å². The van der Waals surface area contributed by atoms with Gasteiger partial charge in [0.25, 0.3) is 0 Å². The van der Waals surface area contributed by atoms with Crippen LogP contribution >= 0.6 is 0 Å². The third-order valence-electron chi connectivity index (χ3n) is 3.24. The fraction of sp³-hybridized carbons (Fsp3) is 0.231. The zero-order valence-electron chi connectivity index (χ0n) is 11.0. The van der Waals surface area contributed by atoms with Crippen LogP contribution in [0.2, 0.25) is 0 Å². The first kappa shape index (κ1) is 13.2. The van der Waals surface area contributed by atoms with E-state index in [0.29, 0.717) is 31.0 Å². The second-order valence-corrected chi connectivity index (χ2v) is 4.57. The van der Waals surface area contributed by atoms with Crippen LogP contribution in [0.3, 0.4) is 0 Å². The number of pyridine rings is 1. The smallest absolute Gasteiger partial charge is 0.407 e. The van der Waals surface area contributed by atoms with Gasteiger partial charge in [0.1, 0.15) is 5.69 Å². The monoisotopic (exact) mass is 289 g/mol. The maximum Gasteiger partial charge on any atom is 0.407 e. The third kappa shape index (κ3) is 2.73. The summed E-state index contributed by atoms with van der Waals surface area (Å²) < 4.78 is 14.5. The van der Waals surface area contributed by atoms with Crippen LogP contribution in [0.15, 0.2) is 30.5 Å². The summed E-state index contributed by atoms with van der Waals surface area (Å²) in [5, 5.41) is 16.9. The van der Waals surface area contributed by atoms with Crippen molar-refractivity contribution < 1.29 is 14.3 Å². The zero-order valence-corrected chi connectivity index (χ0v) is 11.0. The minimum Gasteiger partial charge on any atom is -0.465 e. The molecule has 0 saturated heterocycles. The summed E-state index contributed by atoms with van der Waals surface area (Å²) in [7, 11) is 0. The van der Waals surface area contributed by atoms with E-state index >= 15 is 0 Å². The average Bonchev–Trinajstić information content (AvgIpc) is 2.97. The van der Waals surface area contributed by atoms with Crippen molar-refractivity contribution in [3.05, 3.63) is 42.1 Å². The van der Waals surface area contributed by atoms with Crippen LogP contribution in [0.5, 0.6) is 0 Å². The molecule has 0 unspecified atom stereocenters. The quantitative estimate of drug-likeness (QED) is 0.848. The fourth-order valence-corrected chi connectivity index (χ4v) is 2.12. The van der Waals surface area contributed by atoms with E-state index in [1.54, 1.807) is 18.3 Å². The molecule has 0 saturated carbocycles. The number of carbonyl (C=O) groups is 1. The van der Waals surface area contributed by atoms with Gasteiger partial charge in [-0.25, -0.2) is 14.5 Å². The van der Waals surface area contributed by atoms with Crippen LogP contribution in [0.1, 0.15) is 12.1 Å². The van der Waals surface area contributed by atoms with E-state index in [0.717, 1.165) is 5.57 Å².